The predicted molar refractivity (Wildman–Crippen MR) is 88.6 cm³/mol. The van der Waals surface area contributed by atoms with E-state index < -0.39 is 5.60 Å². The molecule has 5 heteroatoms. The normalized spacial score (nSPS) is 24.8. The average Bonchev–Trinajstić information content (AvgIpc) is 2.50. The molecule has 0 aliphatic heterocycles. The molecule has 122 valence electrons. The molecule has 1 N–H and O–H groups in total. The molecule has 1 fully saturated rings. The van der Waals surface area contributed by atoms with Crippen LogP contribution in [0.5, 0.6) is 5.75 Å². The van der Waals surface area contributed by atoms with Gasteiger partial charge in [-0.1, -0.05) is 24.9 Å². The van der Waals surface area contributed by atoms with Gasteiger partial charge < -0.3 is 14.8 Å². The van der Waals surface area contributed by atoms with Gasteiger partial charge in [-0.3, -0.25) is 4.79 Å². The van der Waals surface area contributed by atoms with E-state index in [4.69, 9.17) is 21.1 Å². The van der Waals surface area contributed by atoms with Gasteiger partial charge in [0.1, 0.15) is 11.4 Å². The minimum absolute atomic E-state index is 0.0956. The zero-order chi connectivity index (χ0) is 16.2. The Hall–Kier alpha value is -1.26. The first-order valence-electron chi connectivity index (χ1n) is 7.79. The first kappa shape index (κ1) is 17.1. The Morgan fingerprint density at radius 3 is 2.86 bits per heavy atom. The number of nitrogens with one attached hydrogen (secondary N) is 1. The lowest BCUT2D eigenvalue weighted by Gasteiger charge is -2.37. The number of hydrogen-bond acceptors (Lipinski definition) is 3. The lowest BCUT2D eigenvalue weighted by atomic mass is 9.78. The van der Waals surface area contributed by atoms with E-state index in [0.717, 1.165) is 25.7 Å². The Balaban J connectivity index is 2.12. The standard InChI is InChI=1S/C17H24ClNO3/c1-4-22-15-8-7-13(10-14(15)18)19-16(20)17(21-3)9-5-6-12(2)11-17/h7-8,10,12H,4-6,9,11H2,1-3H3,(H,19,20)/t12-,17+/m0/s1. The number of carbonyl (C=O) groups excluding carboxylic acids is 1. The summed E-state index contributed by atoms with van der Waals surface area (Å²) in [4.78, 5) is 12.7. The van der Waals surface area contributed by atoms with Crippen molar-refractivity contribution < 1.29 is 14.3 Å². The van der Waals surface area contributed by atoms with Gasteiger partial charge in [0, 0.05) is 12.8 Å². The van der Waals surface area contributed by atoms with Gasteiger partial charge in [0.2, 0.25) is 0 Å². The van der Waals surface area contributed by atoms with Crippen molar-refractivity contribution in [3.05, 3.63) is 23.2 Å². The summed E-state index contributed by atoms with van der Waals surface area (Å²) < 4.78 is 11.0. The molecule has 4 nitrogen and oxygen atoms in total. The Labute approximate surface area is 137 Å². The van der Waals surface area contributed by atoms with Crippen LogP contribution < -0.4 is 10.1 Å². The van der Waals surface area contributed by atoms with Crippen LogP contribution in [0.2, 0.25) is 5.02 Å². The van der Waals surface area contributed by atoms with Gasteiger partial charge in [0.05, 0.1) is 11.6 Å². The van der Waals surface area contributed by atoms with E-state index >= 15 is 0 Å². The fraction of sp³-hybridized carbons (Fsp3) is 0.588. The molecule has 0 heterocycles. The maximum absolute atomic E-state index is 12.7. The van der Waals surface area contributed by atoms with Crippen LogP contribution in [0.3, 0.4) is 0 Å². The van der Waals surface area contributed by atoms with Crippen molar-refractivity contribution >= 4 is 23.2 Å². The minimum Gasteiger partial charge on any atom is -0.492 e. The molecule has 2 atom stereocenters. The van der Waals surface area contributed by atoms with Crippen molar-refractivity contribution in [2.75, 3.05) is 19.0 Å². The number of anilines is 1. The van der Waals surface area contributed by atoms with Gasteiger partial charge in [-0.2, -0.15) is 0 Å². The van der Waals surface area contributed by atoms with Crippen molar-refractivity contribution in [1.29, 1.82) is 0 Å². The number of amides is 1. The third-order valence-electron chi connectivity index (χ3n) is 4.25. The van der Waals surface area contributed by atoms with Crippen molar-refractivity contribution in [2.24, 2.45) is 5.92 Å². The number of ether oxygens (including phenoxy) is 2. The van der Waals surface area contributed by atoms with Crippen LogP contribution in [-0.2, 0) is 9.53 Å². The topological polar surface area (TPSA) is 47.6 Å². The summed E-state index contributed by atoms with van der Waals surface area (Å²) in [5, 5.41) is 3.42. The number of hydrogen-bond donors (Lipinski definition) is 1. The molecule has 1 aliphatic carbocycles. The van der Waals surface area contributed by atoms with Crippen LogP contribution in [0.15, 0.2) is 18.2 Å². The highest BCUT2D eigenvalue weighted by Gasteiger charge is 2.42. The lowest BCUT2D eigenvalue weighted by Crippen LogP contribution is -2.47. The van der Waals surface area contributed by atoms with Crippen molar-refractivity contribution in [2.45, 2.75) is 45.1 Å². The summed E-state index contributed by atoms with van der Waals surface area (Å²) in [5.74, 6) is 1.01. The first-order chi connectivity index (χ1) is 10.5. The lowest BCUT2D eigenvalue weighted by molar-refractivity contribution is -0.143. The summed E-state index contributed by atoms with van der Waals surface area (Å²) >= 11 is 6.16. The van der Waals surface area contributed by atoms with E-state index in [1.807, 2.05) is 6.92 Å². The molecule has 2 rings (SSSR count). The third-order valence-corrected chi connectivity index (χ3v) is 4.55. The summed E-state index contributed by atoms with van der Waals surface area (Å²) in [6.07, 6.45) is 3.66. The molecule has 0 spiro atoms. The molecule has 0 aromatic heterocycles. The number of halogens is 1. The fourth-order valence-electron chi connectivity index (χ4n) is 3.08. The summed E-state index contributed by atoms with van der Waals surface area (Å²) in [6.45, 7) is 4.61. The smallest absolute Gasteiger partial charge is 0.256 e. The van der Waals surface area contributed by atoms with Crippen LogP contribution in [0.25, 0.3) is 0 Å². The van der Waals surface area contributed by atoms with Crippen LogP contribution >= 0.6 is 11.6 Å². The van der Waals surface area contributed by atoms with E-state index in [1.165, 1.54) is 0 Å². The Bertz CT molecular complexity index is 535. The van der Waals surface area contributed by atoms with E-state index in [2.05, 4.69) is 12.2 Å². The Morgan fingerprint density at radius 2 is 2.27 bits per heavy atom. The van der Waals surface area contributed by atoms with Gasteiger partial charge in [0.25, 0.3) is 5.91 Å². The van der Waals surface area contributed by atoms with Crippen LogP contribution in [0, 0.1) is 5.92 Å². The SMILES string of the molecule is CCOc1ccc(NC(=O)[C@@]2(OC)CCC[C@H](C)C2)cc1Cl. The average molecular weight is 326 g/mol. The second kappa shape index (κ2) is 7.34. The number of carbonyl (C=O) groups is 1. The van der Waals surface area contributed by atoms with E-state index in [1.54, 1.807) is 25.3 Å². The maximum atomic E-state index is 12.7. The molecule has 1 saturated carbocycles. The van der Waals surface area contributed by atoms with E-state index in [9.17, 15) is 4.79 Å². The van der Waals surface area contributed by atoms with Crippen LogP contribution in [0.4, 0.5) is 5.69 Å². The largest absolute Gasteiger partial charge is 0.492 e. The Morgan fingerprint density at radius 1 is 1.50 bits per heavy atom. The molecular formula is C17H24ClNO3. The highest BCUT2D eigenvalue weighted by Crippen LogP contribution is 2.36. The molecule has 1 aromatic rings. The summed E-state index contributed by atoms with van der Waals surface area (Å²) in [5.41, 5.74) is -0.0731. The zero-order valence-electron chi connectivity index (χ0n) is 13.4. The van der Waals surface area contributed by atoms with Crippen LogP contribution in [-0.4, -0.2) is 25.2 Å². The monoisotopic (exact) mass is 325 g/mol. The van der Waals surface area contributed by atoms with Crippen molar-refractivity contribution in [3.63, 3.8) is 0 Å². The molecular weight excluding hydrogens is 302 g/mol. The molecule has 1 aromatic carbocycles. The Kier molecular flexibility index (Phi) is 5.70. The van der Waals surface area contributed by atoms with Gasteiger partial charge in [-0.25, -0.2) is 0 Å². The van der Waals surface area contributed by atoms with Crippen molar-refractivity contribution in [1.82, 2.24) is 0 Å². The van der Waals surface area contributed by atoms with Gasteiger partial charge >= 0.3 is 0 Å². The van der Waals surface area contributed by atoms with E-state index in [0.29, 0.717) is 29.0 Å². The highest BCUT2D eigenvalue weighted by atomic mass is 35.5. The van der Waals surface area contributed by atoms with Gasteiger partial charge in [0.15, 0.2) is 0 Å². The molecule has 0 saturated heterocycles. The summed E-state index contributed by atoms with van der Waals surface area (Å²) in [7, 11) is 1.61. The molecule has 0 unspecified atom stereocenters. The first-order valence-corrected chi connectivity index (χ1v) is 8.17. The highest BCUT2D eigenvalue weighted by molar-refractivity contribution is 6.32. The van der Waals surface area contributed by atoms with E-state index in [-0.39, 0.29) is 5.91 Å². The molecule has 0 bridgehead atoms. The van der Waals surface area contributed by atoms with Crippen LogP contribution in [0.1, 0.15) is 39.5 Å². The second-order valence-corrected chi connectivity index (χ2v) is 6.34. The molecule has 22 heavy (non-hydrogen) atoms. The molecule has 1 amide bonds. The number of benzene rings is 1. The fourth-order valence-corrected chi connectivity index (χ4v) is 3.32. The second-order valence-electron chi connectivity index (χ2n) is 5.93. The number of methoxy groups -OCH3 is 1. The van der Waals surface area contributed by atoms with Gasteiger partial charge in [-0.15, -0.1) is 0 Å². The molecule has 1 aliphatic rings. The minimum atomic E-state index is -0.733. The zero-order valence-corrected chi connectivity index (χ0v) is 14.2. The quantitative estimate of drug-likeness (QED) is 0.879. The number of rotatable bonds is 5. The summed E-state index contributed by atoms with van der Waals surface area (Å²) in [6, 6.07) is 5.27. The van der Waals surface area contributed by atoms with Crippen molar-refractivity contribution in [3.8, 4) is 5.75 Å². The molecule has 0 radical (unpaired) electrons. The van der Waals surface area contributed by atoms with Gasteiger partial charge in [-0.05, 0) is 50.3 Å². The predicted octanol–water partition coefficient (Wildman–Crippen LogP) is 4.27. The third kappa shape index (κ3) is 3.73. The maximum Gasteiger partial charge on any atom is 0.256 e.